The fourth-order valence-corrected chi connectivity index (χ4v) is 1.30. The van der Waals surface area contributed by atoms with Gasteiger partial charge in [0, 0.05) is 18.6 Å². The van der Waals surface area contributed by atoms with Crippen molar-refractivity contribution in [2.24, 2.45) is 0 Å². The summed E-state index contributed by atoms with van der Waals surface area (Å²) < 4.78 is 1.73. The second kappa shape index (κ2) is 4.76. The average Bonchev–Trinajstić information content (AvgIpc) is 2.64. The number of halogens is 1. The first-order valence-corrected chi connectivity index (χ1v) is 4.38. The number of hydrogen-bond donors (Lipinski definition) is 1. The first kappa shape index (κ1) is 12.2. The largest absolute Gasteiger partial charge is 0.478 e. The zero-order chi connectivity index (χ0) is 10.8. The highest BCUT2D eigenvalue weighted by atomic mass is 35.5. The van der Waals surface area contributed by atoms with Crippen LogP contribution in [0.5, 0.6) is 0 Å². The van der Waals surface area contributed by atoms with Crippen molar-refractivity contribution in [1.82, 2.24) is 14.5 Å². The van der Waals surface area contributed by atoms with E-state index in [4.69, 9.17) is 5.11 Å². The van der Waals surface area contributed by atoms with Gasteiger partial charge in [-0.15, -0.1) is 12.4 Å². The zero-order valence-corrected chi connectivity index (χ0v) is 9.31. The summed E-state index contributed by atoms with van der Waals surface area (Å²) >= 11 is 0. The number of rotatable bonds is 2. The van der Waals surface area contributed by atoms with Gasteiger partial charge in [-0.05, 0) is 19.1 Å². The highest BCUT2D eigenvalue weighted by molar-refractivity contribution is 5.87. The summed E-state index contributed by atoms with van der Waals surface area (Å²) in [4.78, 5) is 18.9. The number of aryl methyl sites for hydroxylation is 1. The third-order valence-corrected chi connectivity index (χ3v) is 2.07. The second-order valence-electron chi connectivity index (χ2n) is 3.05. The summed E-state index contributed by atoms with van der Waals surface area (Å²) in [5, 5.41) is 8.82. The predicted molar refractivity (Wildman–Crippen MR) is 60.3 cm³/mol. The maximum Gasteiger partial charge on any atom is 0.335 e. The lowest BCUT2D eigenvalue weighted by molar-refractivity contribution is 0.0696. The SMILES string of the molecule is Cc1nccn1-c1cc(C(=O)O)ccn1.Cl. The molecule has 0 aliphatic carbocycles. The Morgan fingerprint density at radius 2 is 2.12 bits per heavy atom. The van der Waals surface area contributed by atoms with Crippen LogP contribution in [0.4, 0.5) is 0 Å². The minimum absolute atomic E-state index is 0. The van der Waals surface area contributed by atoms with Crippen molar-refractivity contribution < 1.29 is 9.90 Å². The predicted octanol–water partition coefficient (Wildman–Crippen LogP) is 1.70. The molecule has 2 heterocycles. The molecule has 0 saturated heterocycles. The smallest absolute Gasteiger partial charge is 0.335 e. The van der Waals surface area contributed by atoms with Gasteiger partial charge in [0.2, 0.25) is 0 Å². The Hall–Kier alpha value is -1.88. The van der Waals surface area contributed by atoms with E-state index in [1.54, 1.807) is 17.0 Å². The van der Waals surface area contributed by atoms with Crippen LogP contribution in [-0.4, -0.2) is 25.6 Å². The van der Waals surface area contributed by atoms with E-state index in [0.29, 0.717) is 5.82 Å². The van der Waals surface area contributed by atoms with Crippen molar-refractivity contribution in [2.45, 2.75) is 6.92 Å². The van der Waals surface area contributed by atoms with Crippen molar-refractivity contribution in [2.75, 3.05) is 0 Å². The number of nitrogens with zero attached hydrogens (tertiary/aromatic N) is 3. The Morgan fingerprint density at radius 3 is 2.69 bits per heavy atom. The molecule has 5 nitrogen and oxygen atoms in total. The lowest BCUT2D eigenvalue weighted by atomic mass is 10.2. The highest BCUT2D eigenvalue weighted by Gasteiger charge is 2.06. The minimum atomic E-state index is -0.962. The number of carboxylic acid groups (broad SMARTS) is 1. The van der Waals surface area contributed by atoms with Gasteiger partial charge in [0.05, 0.1) is 5.56 Å². The third kappa shape index (κ3) is 2.20. The molecule has 0 amide bonds. The molecular formula is C10H10ClN3O2. The van der Waals surface area contributed by atoms with Crippen LogP contribution in [0.3, 0.4) is 0 Å². The van der Waals surface area contributed by atoms with Gasteiger partial charge >= 0.3 is 5.97 Å². The maximum atomic E-state index is 10.8. The van der Waals surface area contributed by atoms with Crippen LogP contribution in [0, 0.1) is 6.92 Å². The lowest BCUT2D eigenvalue weighted by Gasteiger charge is -2.03. The van der Waals surface area contributed by atoms with Crippen molar-refractivity contribution >= 4 is 18.4 Å². The quantitative estimate of drug-likeness (QED) is 0.866. The molecule has 0 radical (unpaired) electrons. The molecule has 0 atom stereocenters. The summed E-state index contributed by atoms with van der Waals surface area (Å²) in [6, 6.07) is 2.97. The number of pyridine rings is 1. The van der Waals surface area contributed by atoms with Crippen molar-refractivity contribution in [1.29, 1.82) is 0 Å². The molecule has 0 aliphatic rings. The van der Waals surface area contributed by atoms with E-state index < -0.39 is 5.97 Å². The number of carboxylic acids is 1. The first-order chi connectivity index (χ1) is 7.18. The molecule has 6 heteroatoms. The molecule has 1 N–H and O–H groups in total. The number of aromatic nitrogens is 3. The topological polar surface area (TPSA) is 68.0 Å². The molecule has 0 spiro atoms. The highest BCUT2D eigenvalue weighted by Crippen LogP contribution is 2.09. The van der Waals surface area contributed by atoms with Gasteiger partial charge in [0.15, 0.2) is 0 Å². The summed E-state index contributed by atoms with van der Waals surface area (Å²) in [5.41, 5.74) is 0.216. The molecule has 2 aromatic heterocycles. The fourth-order valence-electron chi connectivity index (χ4n) is 1.30. The Morgan fingerprint density at radius 1 is 1.38 bits per heavy atom. The van der Waals surface area contributed by atoms with Gasteiger partial charge in [-0.2, -0.15) is 0 Å². The summed E-state index contributed by atoms with van der Waals surface area (Å²) in [6.07, 6.45) is 4.85. The maximum absolute atomic E-state index is 10.8. The normalized spacial score (nSPS) is 9.56. The number of carbonyl (C=O) groups is 1. The van der Waals surface area contributed by atoms with Crippen LogP contribution in [0.25, 0.3) is 5.82 Å². The molecule has 0 aliphatic heterocycles. The monoisotopic (exact) mass is 239 g/mol. The molecule has 16 heavy (non-hydrogen) atoms. The lowest BCUT2D eigenvalue weighted by Crippen LogP contribution is -2.02. The van der Waals surface area contributed by atoms with E-state index in [9.17, 15) is 4.79 Å². The van der Waals surface area contributed by atoms with E-state index in [2.05, 4.69) is 9.97 Å². The van der Waals surface area contributed by atoms with E-state index in [0.717, 1.165) is 5.82 Å². The molecule has 0 fully saturated rings. The Bertz CT molecular complexity index is 510. The molecule has 2 rings (SSSR count). The molecule has 2 aromatic rings. The molecule has 0 bridgehead atoms. The average molecular weight is 240 g/mol. The molecule has 0 unspecified atom stereocenters. The van der Waals surface area contributed by atoms with E-state index in [1.165, 1.54) is 18.3 Å². The Kier molecular flexibility index (Phi) is 3.63. The van der Waals surface area contributed by atoms with Crippen LogP contribution in [-0.2, 0) is 0 Å². The van der Waals surface area contributed by atoms with Gasteiger partial charge in [0.1, 0.15) is 11.6 Å². The van der Waals surface area contributed by atoms with Gasteiger partial charge in [-0.1, -0.05) is 0 Å². The van der Waals surface area contributed by atoms with Gasteiger partial charge in [-0.25, -0.2) is 14.8 Å². The molecule has 84 valence electrons. The summed E-state index contributed by atoms with van der Waals surface area (Å²) in [6.45, 7) is 1.83. The first-order valence-electron chi connectivity index (χ1n) is 4.38. The minimum Gasteiger partial charge on any atom is -0.478 e. The fraction of sp³-hybridized carbons (Fsp3) is 0.100. The second-order valence-corrected chi connectivity index (χ2v) is 3.05. The van der Waals surface area contributed by atoms with E-state index in [1.807, 2.05) is 6.92 Å². The van der Waals surface area contributed by atoms with Crippen LogP contribution >= 0.6 is 12.4 Å². The molecule has 0 saturated carbocycles. The molecular weight excluding hydrogens is 230 g/mol. The Labute approximate surface area is 98.2 Å². The summed E-state index contributed by atoms with van der Waals surface area (Å²) in [5.74, 6) is 0.367. The summed E-state index contributed by atoms with van der Waals surface area (Å²) in [7, 11) is 0. The molecule has 0 aromatic carbocycles. The van der Waals surface area contributed by atoms with Crippen LogP contribution < -0.4 is 0 Å². The van der Waals surface area contributed by atoms with Gasteiger partial charge < -0.3 is 5.11 Å². The van der Waals surface area contributed by atoms with E-state index >= 15 is 0 Å². The number of aromatic carboxylic acids is 1. The van der Waals surface area contributed by atoms with Gasteiger partial charge in [-0.3, -0.25) is 4.57 Å². The van der Waals surface area contributed by atoms with E-state index in [-0.39, 0.29) is 18.0 Å². The number of hydrogen-bond acceptors (Lipinski definition) is 3. The van der Waals surface area contributed by atoms with Crippen molar-refractivity contribution in [3.63, 3.8) is 0 Å². The Balaban J connectivity index is 0.00000128. The number of imidazole rings is 1. The third-order valence-electron chi connectivity index (χ3n) is 2.07. The van der Waals surface area contributed by atoms with Crippen molar-refractivity contribution in [3.8, 4) is 5.82 Å². The zero-order valence-electron chi connectivity index (χ0n) is 8.49. The standard InChI is InChI=1S/C10H9N3O2.ClH/c1-7-11-4-5-13(7)9-6-8(10(14)15)2-3-12-9;/h2-6H,1H3,(H,14,15);1H. The van der Waals surface area contributed by atoms with Crippen LogP contribution in [0.2, 0.25) is 0 Å². The van der Waals surface area contributed by atoms with Gasteiger partial charge in [0.25, 0.3) is 0 Å². The van der Waals surface area contributed by atoms with Crippen molar-refractivity contribution in [3.05, 3.63) is 42.1 Å². The van der Waals surface area contributed by atoms with Crippen LogP contribution in [0.1, 0.15) is 16.2 Å². The van der Waals surface area contributed by atoms with Crippen LogP contribution in [0.15, 0.2) is 30.7 Å².